The van der Waals surface area contributed by atoms with Crippen molar-refractivity contribution in [1.82, 2.24) is 4.90 Å². The molecule has 1 atom stereocenters. The predicted molar refractivity (Wildman–Crippen MR) is 63.3 cm³/mol. The van der Waals surface area contributed by atoms with Crippen LogP contribution in [-0.4, -0.2) is 29.8 Å². The lowest BCUT2D eigenvalue weighted by molar-refractivity contribution is -0.122. The Morgan fingerprint density at radius 2 is 2.47 bits per heavy atom. The van der Waals surface area contributed by atoms with Gasteiger partial charge in [0.15, 0.2) is 0 Å². The Morgan fingerprint density at radius 3 is 3.13 bits per heavy atom. The van der Waals surface area contributed by atoms with Gasteiger partial charge in [-0.3, -0.25) is 9.69 Å². The quantitative estimate of drug-likeness (QED) is 0.784. The highest BCUT2D eigenvalue weighted by Crippen LogP contribution is 2.15. The first-order valence-electron chi connectivity index (χ1n) is 5.52. The summed E-state index contributed by atoms with van der Waals surface area (Å²) in [5.41, 5.74) is 1.42. The molecule has 0 spiro atoms. The van der Waals surface area contributed by atoms with Crippen LogP contribution in [0.1, 0.15) is 25.3 Å². The number of carbonyl (C=O) groups is 1. The van der Waals surface area contributed by atoms with E-state index in [1.807, 2.05) is 0 Å². The highest BCUT2D eigenvalue weighted by Gasteiger charge is 2.22. The molecule has 0 N–H and O–H groups in total. The molecule has 1 unspecified atom stereocenters. The molecular formula is C12H17NOS. The molecule has 1 aliphatic rings. The van der Waals surface area contributed by atoms with E-state index >= 15 is 0 Å². The second kappa shape index (κ2) is 4.90. The number of carbonyl (C=O) groups excluding carboxylic acids is 1. The molecule has 0 amide bonds. The molecule has 0 bridgehead atoms. The molecule has 0 aromatic carbocycles. The van der Waals surface area contributed by atoms with Crippen LogP contribution in [0, 0.1) is 0 Å². The molecule has 15 heavy (non-hydrogen) atoms. The zero-order valence-electron chi connectivity index (χ0n) is 9.11. The van der Waals surface area contributed by atoms with Crippen LogP contribution in [0.25, 0.3) is 0 Å². The molecule has 1 saturated heterocycles. The van der Waals surface area contributed by atoms with Crippen molar-refractivity contribution in [3.8, 4) is 0 Å². The lowest BCUT2D eigenvalue weighted by Crippen LogP contribution is -2.41. The summed E-state index contributed by atoms with van der Waals surface area (Å²) >= 11 is 1.75. The SMILES string of the molecule is CC1CC(=O)CCN1CCc1ccsc1. The van der Waals surface area contributed by atoms with E-state index in [0.717, 1.165) is 32.4 Å². The van der Waals surface area contributed by atoms with Crippen molar-refractivity contribution < 1.29 is 4.79 Å². The van der Waals surface area contributed by atoms with Crippen molar-refractivity contribution in [2.45, 2.75) is 32.2 Å². The van der Waals surface area contributed by atoms with Crippen molar-refractivity contribution in [3.63, 3.8) is 0 Å². The Bertz CT molecular complexity index is 320. The van der Waals surface area contributed by atoms with E-state index in [1.54, 1.807) is 11.3 Å². The van der Waals surface area contributed by atoms with E-state index in [4.69, 9.17) is 0 Å². The molecule has 2 heterocycles. The predicted octanol–water partition coefficient (Wildman–Crippen LogP) is 2.34. The molecule has 82 valence electrons. The number of likely N-dealkylation sites (tertiary alicyclic amines) is 1. The number of piperidine rings is 1. The van der Waals surface area contributed by atoms with Crippen molar-refractivity contribution >= 4 is 17.1 Å². The topological polar surface area (TPSA) is 20.3 Å². The smallest absolute Gasteiger partial charge is 0.135 e. The standard InChI is InChI=1S/C12H17NOS/c1-10-8-12(14)3-6-13(10)5-2-11-4-7-15-9-11/h4,7,9-10H,2-3,5-6,8H2,1H3. The monoisotopic (exact) mass is 223 g/mol. The summed E-state index contributed by atoms with van der Waals surface area (Å²) in [6, 6.07) is 2.62. The van der Waals surface area contributed by atoms with Crippen LogP contribution >= 0.6 is 11.3 Å². The van der Waals surface area contributed by atoms with E-state index in [1.165, 1.54) is 5.56 Å². The van der Waals surface area contributed by atoms with Gasteiger partial charge in [-0.2, -0.15) is 11.3 Å². The maximum atomic E-state index is 11.2. The van der Waals surface area contributed by atoms with Gasteiger partial charge in [-0.1, -0.05) is 0 Å². The maximum Gasteiger partial charge on any atom is 0.135 e. The summed E-state index contributed by atoms with van der Waals surface area (Å²) in [4.78, 5) is 13.7. The molecular weight excluding hydrogens is 206 g/mol. The van der Waals surface area contributed by atoms with E-state index in [-0.39, 0.29) is 0 Å². The van der Waals surface area contributed by atoms with Crippen LogP contribution < -0.4 is 0 Å². The van der Waals surface area contributed by atoms with Gasteiger partial charge in [-0.05, 0) is 35.7 Å². The zero-order valence-corrected chi connectivity index (χ0v) is 9.93. The summed E-state index contributed by atoms with van der Waals surface area (Å²) in [5, 5.41) is 4.33. The van der Waals surface area contributed by atoms with Crippen molar-refractivity contribution in [3.05, 3.63) is 22.4 Å². The number of nitrogens with zero attached hydrogens (tertiary/aromatic N) is 1. The zero-order chi connectivity index (χ0) is 10.7. The van der Waals surface area contributed by atoms with E-state index in [2.05, 4.69) is 28.7 Å². The molecule has 1 aromatic heterocycles. The minimum absolute atomic E-state index is 0.425. The highest BCUT2D eigenvalue weighted by atomic mass is 32.1. The molecule has 1 fully saturated rings. The van der Waals surface area contributed by atoms with Crippen molar-refractivity contribution in [2.75, 3.05) is 13.1 Å². The van der Waals surface area contributed by atoms with Crippen LogP contribution in [0.4, 0.5) is 0 Å². The van der Waals surface area contributed by atoms with Crippen LogP contribution in [0.15, 0.2) is 16.8 Å². The first kappa shape index (κ1) is 10.8. The van der Waals surface area contributed by atoms with Crippen LogP contribution in [0.2, 0.25) is 0 Å². The molecule has 2 rings (SSSR count). The average molecular weight is 223 g/mol. The highest BCUT2D eigenvalue weighted by molar-refractivity contribution is 7.07. The Hall–Kier alpha value is -0.670. The fraction of sp³-hybridized carbons (Fsp3) is 0.583. The third kappa shape index (κ3) is 2.89. The molecule has 0 aliphatic carbocycles. The Labute approximate surface area is 94.9 Å². The second-order valence-corrected chi connectivity index (χ2v) is 5.04. The first-order valence-corrected chi connectivity index (χ1v) is 6.47. The fourth-order valence-corrected chi connectivity index (χ4v) is 2.79. The Balaban J connectivity index is 1.82. The maximum absolute atomic E-state index is 11.2. The first-order chi connectivity index (χ1) is 7.25. The van der Waals surface area contributed by atoms with Gasteiger partial charge in [-0.25, -0.2) is 0 Å². The number of thiophene rings is 1. The third-order valence-corrected chi connectivity index (χ3v) is 3.82. The fourth-order valence-electron chi connectivity index (χ4n) is 2.09. The largest absolute Gasteiger partial charge is 0.300 e. The van der Waals surface area contributed by atoms with Gasteiger partial charge < -0.3 is 0 Å². The van der Waals surface area contributed by atoms with Gasteiger partial charge in [0.05, 0.1) is 0 Å². The van der Waals surface area contributed by atoms with Crippen LogP contribution in [0.5, 0.6) is 0 Å². The second-order valence-electron chi connectivity index (χ2n) is 4.26. The lowest BCUT2D eigenvalue weighted by atomic mass is 10.0. The number of hydrogen-bond donors (Lipinski definition) is 0. The molecule has 0 radical (unpaired) electrons. The molecule has 1 aliphatic heterocycles. The van der Waals surface area contributed by atoms with Gasteiger partial charge in [0.2, 0.25) is 0 Å². The van der Waals surface area contributed by atoms with Crippen molar-refractivity contribution in [2.24, 2.45) is 0 Å². The molecule has 1 aromatic rings. The third-order valence-electron chi connectivity index (χ3n) is 3.09. The summed E-state index contributed by atoms with van der Waals surface area (Å²) in [6.45, 7) is 4.19. The van der Waals surface area contributed by atoms with Crippen LogP contribution in [0.3, 0.4) is 0 Å². The minimum Gasteiger partial charge on any atom is -0.300 e. The van der Waals surface area contributed by atoms with Crippen LogP contribution in [-0.2, 0) is 11.2 Å². The van der Waals surface area contributed by atoms with Gasteiger partial charge in [0.25, 0.3) is 0 Å². The van der Waals surface area contributed by atoms with E-state index in [9.17, 15) is 4.79 Å². The number of hydrogen-bond acceptors (Lipinski definition) is 3. The average Bonchev–Trinajstić information content (AvgIpc) is 2.69. The van der Waals surface area contributed by atoms with Gasteiger partial charge in [0.1, 0.15) is 5.78 Å². The summed E-state index contributed by atoms with van der Waals surface area (Å²) in [5.74, 6) is 0.425. The number of ketones is 1. The van der Waals surface area contributed by atoms with Gasteiger partial charge >= 0.3 is 0 Å². The van der Waals surface area contributed by atoms with Gasteiger partial charge in [0, 0.05) is 32.0 Å². The summed E-state index contributed by atoms with van der Waals surface area (Å²) in [6.07, 6.45) is 2.60. The molecule has 3 heteroatoms. The summed E-state index contributed by atoms with van der Waals surface area (Å²) < 4.78 is 0. The minimum atomic E-state index is 0.425. The number of Topliss-reactive ketones (excluding diaryl/α,β-unsaturated/α-hetero) is 1. The molecule has 2 nitrogen and oxygen atoms in total. The normalized spacial score (nSPS) is 23.3. The Kier molecular flexibility index (Phi) is 3.54. The lowest BCUT2D eigenvalue weighted by Gasteiger charge is -2.32. The van der Waals surface area contributed by atoms with E-state index in [0.29, 0.717) is 11.8 Å². The van der Waals surface area contributed by atoms with Gasteiger partial charge in [-0.15, -0.1) is 0 Å². The summed E-state index contributed by atoms with van der Waals surface area (Å²) in [7, 11) is 0. The van der Waals surface area contributed by atoms with E-state index < -0.39 is 0 Å². The van der Waals surface area contributed by atoms with Crippen molar-refractivity contribution in [1.29, 1.82) is 0 Å². The molecule has 0 saturated carbocycles. The number of rotatable bonds is 3. The Morgan fingerprint density at radius 1 is 1.60 bits per heavy atom.